The Hall–Kier alpha value is -1.32. The van der Waals surface area contributed by atoms with Crippen molar-refractivity contribution in [3.63, 3.8) is 0 Å². The summed E-state index contributed by atoms with van der Waals surface area (Å²) < 4.78 is 4.21. The second-order valence-corrected chi connectivity index (χ2v) is 12.0. The molecule has 4 heteroatoms. The molecule has 0 spiro atoms. The Balaban J connectivity index is 0.00000272. The fourth-order valence-corrected chi connectivity index (χ4v) is 7.41. The average Bonchev–Trinajstić information content (AvgIpc) is 3.09. The van der Waals surface area contributed by atoms with Gasteiger partial charge in [-0.15, -0.1) is 0 Å². The molecule has 0 N–H and O–H groups in total. The van der Waals surface area contributed by atoms with Gasteiger partial charge in [0.05, 0.1) is 0 Å². The quantitative estimate of drug-likeness (QED) is 0.233. The third kappa shape index (κ3) is 6.83. The molecular weight excluding hydrogens is 529 g/mol. The van der Waals surface area contributed by atoms with E-state index in [2.05, 4.69) is 116 Å². The Kier molecular flexibility index (Phi) is 9.04. The van der Waals surface area contributed by atoms with E-state index in [0.717, 1.165) is 5.75 Å². The molecule has 0 saturated heterocycles. The SMILES string of the molecule is CC1(C)C=[N+]([C@@H](CSc2ccccc2)c2ccccc2)C(C[Se]c2ccccc2)C1.[Br-]. The van der Waals surface area contributed by atoms with Crippen LogP contribution in [0.15, 0.2) is 95.9 Å². The summed E-state index contributed by atoms with van der Waals surface area (Å²) in [5.41, 5.74) is 1.68. The minimum Gasteiger partial charge on any atom is -1.00 e. The Morgan fingerprint density at radius 3 is 2.13 bits per heavy atom. The first kappa shape index (κ1) is 24.3. The van der Waals surface area contributed by atoms with Gasteiger partial charge in [0.1, 0.15) is 0 Å². The molecule has 0 aromatic heterocycles. The maximum absolute atomic E-state index is 2.70. The van der Waals surface area contributed by atoms with Crippen LogP contribution in [0.5, 0.6) is 0 Å². The maximum atomic E-state index is 2.70. The predicted octanol–water partition coefficient (Wildman–Crippen LogP) is 2.85. The number of benzene rings is 3. The second kappa shape index (κ2) is 11.5. The van der Waals surface area contributed by atoms with Gasteiger partial charge in [0.15, 0.2) is 0 Å². The van der Waals surface area contributed by atoms with E-state index >= 15 is 0 Å². The first-order valence-electron chi connectivity index (χ1n) is 10.6. The van der Waals surface area contributed by atoms with E-state index in [1.165, 1.54) is 26.7 Å². The topological polar surface area (TPSA) is 3.01 Å². The molecule has 0 bridgehead atoms. The van der Waals surface area contributed by atoms with Crippen LogP contribution in [0.1, 0.15) is 31.9 Å². The first-order chi connectivity index (χ1) is 14.6. The zero-order valence-corrected chi connectivity index (χ0v) is 22.3. The molecule has 1 heterocycles. The third-order valence-corrected chi connectivity index (χ3v) is 9.08. The van der Waals surface area contributed by atoms with Gasteiger partial charge in [-0.05, 0) is 0 Å². The summed E-state index contributed by atoms with van der Waals surface area (Å²) >= 11 is 2.48. The molecule has 4 rings (SSSR count). The molecule has 1 nitrogen and oxygen atoms in total. The summed E-state index contributed by atoms with van der Waals surface area (Å²) in [5, 5.41) is 1.26. The van der Waals surface area contributed by atoms with Crippen LogP contribution in [0, 0.1) is 5.41 Å². The van der Waals surface area contributed by atoms with Crippen LogP contribution in [-0.2, 0) is 0 Å². The van der Waals surface area contributed by atoms with Gasteiger partial charge < -0.3 is 17.0 Å². The van der Waals surface area contributed by atoms with Gasteiger partial charge in [-0.2, -0.15) is 0 Å². The third-order valence-electron chi connectivity index (χ3n) is 5.56. The fraction of sp³-hybridized carbons (Fsp3) is 0.296. The average molecular weight is 559 g/mol. The van der Waals surface area contributed by atoms with Crippen LogP contribution in [0.25, 0.3) is 0 Å². The van der Waals surface area contributed by atoms with Crippen molar-refractivity contribution in [2.24, 2.45) is 5.41 Å². The van der Waals surface area contributed by atoms with E-state index < -0.39 is 0 Å². The molecule has 162 valence electrons. The maximum Gasteiger partial charge on any atom is -1.00 e. The molecule has 0 aliphatic carbocycles. The van der Waals surface area contributed by atoms with Crippen molar-refractivity contribution >= 4 is 37.4 Å². The standard InChI is InChI=1S/C27H30NSSe.BrH/c1-27(2)18-23(20-30-25-16-10-5-11-17-25)28(21-27)26(22-12-6-3-7-13-22)19-29-24-14-8-4-9-15-24;/h3-17,21,23,26H,18-20H2,1-2H3;1H/q+1;/p-1/t23?,26-;/m0./s1. The zero-order valence-electron chi connectivity index (χ0n) is 18.2. The van der Waals surface area contributed by atoms with Gasteiger partial charge in [0.25, 0.3) is 0 Å². The van der Waals surface area contributed by atoms with Gasteiger partial charge in [-0.25, -0.2) is 0 Å². The number of rotatable bonds is 8. The Morgan fingerprint density at radius 1 is 0.903 bits per heavy atom. The normalized spacial score (nSPS) is 18.1. The number of hydrogen-bond donors (Lipinski definition) is 0. The smallest absolute Gasteiger partial charge is 1.00 e. The van der Waals surface area contributed by atoms with Crippen molar-refractivity contribution in [3.05, 3.63) is 96.6 Å². The van der Waals surface area contributed by atoms with Crippen molar-refractivity contribution in [1.29, 1.82) is 0 Å². The number of nitrogens with zero attached hydrogens (tertiary/aromatic N) is 1. The van der Waals surface area contributed by atoms with Crippen molar-refractivity contribution < 1.29 is 21.6 Å². The van der Waals surface area contributed by atoms with Crippen molar-refractivity contribution in [2.45, 2.75) is 42.6 Å². The van der Waals surface area contributed by atoms with E-state index in [0.29, 0.717) is 27.0 Å². The molecule has 3 aromatic rings. The van der Waals surface area contributed by atoms with Gasteiger partial charge in [-0.3, -0.25) is 0 Å². The van der Waals surface area contributed by atoms with E-state index in [1.54, 1.807) is 0 Å². The van der Waals surface area contributed by atoms with Gasteiger partial charge in [-0.1, -0.05) is 0 Å². The molecule has 1 aliphatic heterocycles. The van der Waals surface area contributed by atoms with Gasteiger partial charge >= 0.3 is 192 Å². The predicted molar refractivity (Wildman–Crippen MR) is 131 cm³/mol. The second-order valence-electron chi connectivity index (χ2n) is 8.60. The number of halogens is 1. The van der Waals surface area contributed by atoms with Gasteiger partial charge in [0.2, 0.25) is 0 Å². The van der Waals surface area contributed by atoms with E-state index in [1.807, 2.05) is 11.8 Å². The largest absolute Gasteiger partial charge is 1.00 e. The first-order valence-corrected chi connectivity index (χ1v) is 13.7. The molecule has 1 aliphatic rings. The van der Waals surface area contributed by atoms with E-state index in [4.69, 9.17) is 0 Å². The van der Waals surface area contributed by atoms with Crippen LogP contribution >= 0.6 is 11.8 Å². The molecule has 31 heavy (non-hydrogen) atoms. The van der Waals surface area contributed by atoms with Crippen LogP contribution in [0.3, 0.4) is 0 Å². The molecule has 0 radical (unpaired) electrons. The van der Waals surface area contributed by atoms with Crippen LogP contribution in [-0.4, -0.2) is 37.5 Å². The number of hydrogen-bond acceptors (Lipinski definition) is 1. The van der Waals surface area contributed by atoms with Crippen LogP contribution in [0.2, 0.25) is 5.32 Å². The summed E-state index contributed by atoms with van der Waals surface area (Å²) in [7, 11) is 0. The molecule has 0 amide bonds. The minimum atomic E-state index is 0. The zero-order chi connectivity index (χ0) is 20.8. The van der Waals surface area contributed by atoms with E-state index in [9.17, 15) is 0 Å². The van der Waals surface area contributed by atoms with E-state index in [-0.39, 0.29) is 22.4 Å². The summed E-state index contributed by atoms with van der Waals surface area (Å²) in [6.07, 6.45) is 3.77. The molecule has 1 unspecified atom stereocenters. The molecule has 0 fully saturated rings. The Bertz CT molecular complexity index is 960. The molecule has 3 aromatic carbocycles. The summed E-state index contributed by atoms with van der Waals surface area (Å²) in [4.78, 5) is 1.35. The number of thioether (sulfide) groups is 1. The van der Waals surface area contributed by atoms with Crippen molar-refractivity contribution in [2.75, 3.05) is 5.75 Å². The Morgan fingerprint density at radius 2 is 1.48 bits per heavy atom. The van der Waals surface area contributed by atoms with Crippen molar-refractivity contribution in [3.8, 4) is 0 Å². The van der Waals surface area contributed by atoms with Crippen LogP contribution in [0.4, 0.5) is 0 Å². The summed E-state index contributed by atoms with van der Waals surface area (Å²) in [5.74, 6) is 1.06. The molecular formula is C27H30BrNSSe. The van der Waals surface area contributed by atoms with Gasteiger partial charge in [0, 0.05) is 0 Å². The van der Waals surface area contributed by atoms with Crippen LogP contribution < -0.4 is 21.4 Å². The molecule has 0 saturated carbocycles. The van der Waals surface area contributed by atoms with Crippen molar-refractivity contribution in [1.82, 2.24) is 0 Å². The molecule has 2 atom stereocenters. The fourth-order valence-electron chi connectivity index (χ4n) is 4.19. The summed E-state index contributed by atoms with van der Waals surface area (Å²) in [6.45, 7) is 4.78. The Labute approximate surface area is 208 Å². The minimum absolute atomic E-state index is 0. The summed E-state index contributed by atoms with van der Waals surface area (Å²) in [6, 6.07) is 33.9. The monoisotopic (exact) mass is 559 g/mol.